The van der Waals surface area contributed by atoms with E-state index in [4.69, 9.17) is 0 Å². The first-order valence-corrected chi connectivity index (χ1v) is 4.64. The molecule has 0 spiro atoms. The predicted molar refractivity (Wildman–Crippen MR) is 58.4 cm³/mol. The van der Waals surface area contributed by atoms with Crippen molar-refractivity contribution in [2.75, 3.05) is 12.4 Å². The summed E-state index contributed by atoms with van der Waals surface area (Å²) < 4.78 is 0. The first kappa shape index (κ1) is 11.2. The van der Waals surface area contributed by atoms with Crippen LogP contribution < -0.4 is 5.32 Å². The fourth-order valence-electron chi connectivity index (χ4n) is 1.11. The molecule has 1 aromatic carbocycles. The number of nitrogens with one attached hydrogen (secondary N) is 1. The highest BCUT2D eigenvalue weighted by Crippen LogP contribution is 2.11. The van der Waals surface area contributed by atoms with Crippen LogP contribution in [0.25, 0.3) is 0 Å². The largest absolute Gasteiger partial charge is 0.344 e. The van der Waals surface area contributed by atoms with E-state index in [0.29, 0.717) is 10.7 Å². The van der Waals surface area contributed by atoms with Crippen LogP contribution in [0.4, 0.5) is 10.5 Å². The lowest BCUT2D eigenvalue weighted by Gasteiger charge is -2.09. The third-order valence-corrected chi connectivity index (χ3v) is 2.00. The number of urea groups is 1. The molecule has 15 heavy (non-hydrogen) atoms. The van der Waals surface area contributed by atoms with Gasteiger partial charge in [-0.1, -0.05) is 19.1 Å². The van der Waals surface area contributed by atoms with Gasteiger partial charge in [-0.2, -0.15) is 5.01 Å². The van der Waals surface area contributed by atoms with Crippen LogP contribution in [0, 0.1) is 4.91 Å². The van der Waals surface area contributed by atoms with Crippen LogP contribution in [0.1, 0.15) is 12.5 Å². The van der Waals surface area contributed by atoms with Crippen LogP contribution >= 0.6 is 0 Å². The van der Waals surface area contributed by atoms with Gasteiger partial charge in [0, 0.05) is 12.7 Å². The second-order valence-corrected chi connectivity index (χ2v) is 3.09. The lowest BCUT2D eigenvalue weighted by Crippen LogP contribution is -2.26. The second-order valence-electron chi connectivity index (χ2n) is 3.09. The van der Waals surface area contributed by atoms with Gasteiger partial charge in [0.25, 0.3) is 0 Å². The second kappa shape index (κ2) is 5.09. The van der Waals surface area contributed by atoms with Crippen LogP contribution in [0.2, 0.25) is 0 Å². The Balaban J connectivity index is 2.72. The molecular formula is C10H13N3O2. The van der Waals surface area contributed by atoms with E-state index in [1.807, 2.05) is 25.1 Å². The van der Waals surface area contributed by atoms with Crippen LogP contribution in [-0.2, 0) is 6.42 Å². The van der Waals surface area contributed by atoms with Crippen LogP contribution in [0.3, 0.4) is 0 Å². The van der Waals surface area contributed by atoms with Crippen molar-refractivity contribution in [3.8, 4) is 0 Å². The summed E-state index contributed by atoms with van der Waals surface area (Å²) in [6, 6.07) is 6.89. The highest BCUT2D eigenvalue weighted by molar-refractivity contribution is 5.88. The Morgan fingerprint density at radius 2 is 2.27 bits per heavy atom. The SMILES string of the molecule is CCc1cccc(NC(=O)N(C)N=O)c1. The Morgan fingerprint density at radius 1 is 1.53 bits per heavy atom. The number of benzene rings is 1. The number of amides is 2. The zero-order chi connectivity index (χ0) is 11.3. The topological polar surface area (TPSA) is 61.8 Å². The van der Waals surface area contributed by atoms with E-state index in [-0.39, 0.29) is 0 Å². The van der Waals surface area contributed by atoms with Crippen LogP contribution in [0.15, 0.2) is 29.6 Å². The molecule has 0 heterocycles. The number of hydrogen-bond donors (Lipinski definition) is 1. The zero-order valence-corrected chi connectivity index (χ0v) is 8.73. The van der Waals surface area contributed by atoms with Gasteiger partial charge in [-0.15, -0.1) is 4.91 Å². The smallest absolute Gasteiger partial charge is 0.306 e. The summed E-state index contributed by atoms with van der Waals surface area (Å²) in [7, 11) is 1.30. The molecule has 1 N–H and O–H groups in total. The summed E-state index contributed by atoms with van der Waals surface area (Å²) in [5.41, 5.74) is 1.78. The lowest BCUT2D eigenvalue weighted by molar-refractivity contribution is 0.224. The monoisotopic (exact) mass is 207 g/mol. The summed E-state index contributed by atoms with van der Waals surface area (Å²) in [6.45, 7) is 2.03. The molecule has 0 aliphatic carbocycles. The van der Waals surface area contributed by atoms with Crippen LogP contribution in [0.5, 0.6) is 0 Å². The number of carbonyl (C=O) groups is 1. The van der Waals surface area contributed by atoms with Crippen molar-refractivity contribution < 1.29 is 4.79 Å². The minimum atomic E-state index is -0.543. The lowest BCUT2D eigenvalue weighted by atomic mass is 10.1. The summed E-state index contributed by atoms with van der Waals surface area (Å²) in [5.74, 6) is 0. The highest BCUT2D eigenvalue weighted by Gasteiger charge is 2.07. The van der Waals surface area contributed by atoms with Crippen molar-refractivity contribution in [2.24, 2.45) is 5.29 Å². The van der Waals surface area contributed by atoms with Gasteiger partial charge < -0.3 is 5.32 Å². The molecule has 2 amide bonds. The summed E-state index contributed by atoms with van der Waals surface area (Å²) in [5, 5.41) is 5.77. The van der Waals surface area contributed by atoms with E-state index < -0.39 is 6.03 Å². The molecule has 0 unspecified atom stereocenters. The van der Waals surface area contributed by atoms with Gasteiger partial charge in [-0.05, 0) is 24.1 Å². The van der Waals surface area contributed by atoms with E-state index in [1.54, 1.807) is 6.07 Å². The number of hydrogen-bond acceptors (Lipinski definition) is 3. The van der Waals surface area contributed by atoms with E-state index in [0.717, 1.165) is 12.0 Å². The van der Waals surface area contributed by atoms with E-state index >= 15 is 0 Å². The Labute approximate surface area is 88.0 Å². The predicted octanol–water partition coefficient (Wildman–Crippen LogP) is 2.39. The van der Waals surface area contributed by atoms with Gasteiger partial charge in [0.05, 0.1) is 5.29 Å². The van der Waals surface area contributed by atoms with Crippen molar-refractivity contribution in [3.05, 3.63) is 34.7 Å². The van der Waals surface area contributed by atoms with Crippen molar-refractivity contribution in [1.29, 1.82) is 0 Å². The van der Waals surface area contributed by atoms with Gasteiger partial charge in [-0.3, -0.25) is 0 Å². The standard InChI is InChI=1S/C10H13N3O2/c1-3-8-5-4-6-9(7-8)11-10(14)13(2)12-15/h4-7H,3H2,1-2H3,(H,11,14). The van der Waals surface area contributed by atoms with Gasteiger partial charge in [0.1, 0.15) is 0 Å². The van der Waals surface area contributed by atoms with Crippen molar-refractivity contribution in [1.82, 2.24) is 5.01 Å². The average molecular weight is 207 g/mol. The fraction of sp³-hybridized carbons (Fsp3) is 0.300. The molecule has 0 atom stereocenters. The first-order chi connectivity index (χ1) is 7.17. The van der Waals surface area contributed by atoms with Crippen molar-refractivity contribution in [3.63, 3.8) is 0 Å². The average Bonchev–Trinajstić information content (AvgIpc) is 2.28. The summed E-state index contributed by atoms with van der Waals surface area (Å²) >= 11 is 0. The van der Waals surface area contributed by atoms with E-state index in [9.17, 15) is 9.70 Å². The first-order valence-electron chi connectivity index (χ1n) is 4.64. The highest BCUT2D eigenvalue weighted by atomic mass is 16.3. The molecular weight excluding hydrogens is 194 g/mol. The molecule has 0 aromatic heterocycles. The molecule has 1 aromatic rings. The molecule has 0 saturated carbocycles. The molecule has 0 aliphatic rings. The number of aryl methyl sites for hydroxylation is 1. The zero-order valence-electron chi connectivity index (χ0n) is 8.73. The molecule has 0 bridgehead atoms. The van der Waals surface area contributed by atoms with Crippen molar-refractivity contribution in [2.45, 2.75) is 13.3 Å². The van der Waals surface area contributed by atoms with Gasteiger partial charge in [0.15, 0.2) is 0 Å². The number of rotatable bonds is 3. The Bertz CT molecular complexity index is 365. The Hall–Kier alpha value is -1.91. The molecule has 0 fully saturated rings. The maximum absolute atomic E-state index is 11.3. The minimum Gasteiger partial charge on any atom is -0.306 e. The van der Waals surface area contributed by atoms with E-state index in [1.165, 1.54) is 7.05 Å². The van der Waals surface area contributed by atoms with Gasteiger partial charge >= 0.3 is 6.03 Å². The van der Waals surface area contributed by atoms with Crippen LogP contribution in [-0.4, -0.2) is 18.1 Å². The third kappa shape index (κ3) is 3.05. The molecule has 5 nitrogen and oxygen atoms in total. The molecule has 1 rings (SSSR count). The molecule has 0 radical (unpaired) electrons. The minimum absolute atomic E-state index is 0.543. The van der Waals surface area contributed by atoms with Crippen molar-refractivity contribution >= 4 is 11.7 Å². The number of carbonyl (C=O) groups excluding carboxylic acids is 1. The molecule has 80 valence electrons. The summed E-state index contributed by atoms with van der Waals surface area (Å²) in [4.78, 5) is 21.3. The maximum Gasteiger partial charge on any atom is 0.344 e. The Morgan fingerprint density at radius 3 is 2.87 bits per heavy atom. The van der Waals surface area contributed by atoms with Gasteiger partial charge in [0.2, 0.25) is 0 Å². The normalized spacial score (nSPS) is 9.47. The fourth-order valence-corrected chi connectivity index (χ4v) is 1.11. The van der Waals surface area contributed by atoms with E-state index in [2.05, 4.69) is 10.6 Å². The number of nitrogens with zero attached hydrogens (tertiary/aromatic N) is 2. The third-order valence-electron chi connectivity index (χ3n) is 2.00. The molecule has 0 saturated heterocycles. The Kier molecular flexibility index (Phi) is 3.79. The van der Waals surface area contributed by atoms with Gasteiger partial charge in [-0.25, -0.2) is 4.79 Å². The number of nitroso groups, excluding NO2 is 1. The summed E-state index contributed by atoms with van der Waals surface area (Å²) in [6.07, 6.45) is 0.894. The quantitative estimate of drug-likeness (QED) is 0.611. The molecule has 0 aliphatic heterocycles. The maximum atomic E-state index is 11.3. The molecule has 5 heteroatoms. The number of anilines is 1.